The maximum Gasteiger partial charge on any atom is 0.310 e. The van der Waals surface area contributed by atoms with Gasteiger partial charge in [0, 0.05) is 0 Å². The average molecular weight is 230 g/mol. The molecule has 0 saturated heterocycles. The lowest BCUT2D eigenvalue weighted by Crippen LogP contribution is -2.24. The highest BCUT2D eigenvalue weighted by Crippen LogP contribution is 2.45. The van der Waals surface area contributed by atoms with Gasteiger partial charge in [-0.25, -0.2) is 0 Å². The molecule has 0 amide bonds. The Morgan fingerprint density at radius 1 is 1.18 bits per heavy atom. The number of rotatable bonds is 3. The summed E-state index contributed by atoms with van der Waals surface area (Å²) in [6, 6.07) is 9.83. The highest BCUT2D eigenvalue weighted by atomic mass is 16.5. The van der Waals surface area contributed by atoms with Crippen molar-refractivity contribution in [3.05, 3.63) is 35.9 Å². The zero-order valence-electron chi connectivity index (χ0n) is 9.97. The van der Waals surface area contributed by atoms with Gasteiger partial charge in [0.15, 0.2) is 0 Å². The Bertz CT molecular complexity index is 399. The normalized spacial score (nSPS) is 30.5. The summed E-state index contributed by atoms with van der Waals surface area (Å²) < 4.78 is 5.61. The first-order valence-electron chi connectivity index (χ1n) is 6.54. The van der Waals surface area contributed by atoms with E-state index in [1.165, 1.54) is 19.3 Å². The SMILES string of the molecule is O=C(Cc1ccccc1)OC1CC2CCC1C2. The van der Waals surface area contributed by atoms with Gasteiger partial charge in [0.05, 0.1) is 6.42 Å². The Hall–Kier alpha value is -1.31. The van der Waals surface area contributed by atoms with E-state index in [0.29, 0.717) is 12.3 Å². The van der Waals surface area contributed by atoms with Crippen LogP contribution in [0.2, 0.25) is 0 Å². The molecule has 2 aliphatic carbocycles. The molecular weight excluding hydrogens is 212 g/mol. The van der Waals surface area contributed by atoms with Gasteiger partial charge in [-0.15, -0.1) is 0 Å². The third-order valence-corrected chi connectivity index (χ3v) is 4.15. The summed E-state index contributed by atoms with van der Waals surface area (Å²) in [6.07, 6.45) is 5.61. The largest absolute Gasteiger partial charge is 0.462 e. The van der Waals surface area contributed by atoms with Gasteiger partial charge in [-0.1, -0.05) is 30.3 Å². The summed E-state index contributed by atoms with van der Waals surface area (Å²) >= 11 is 0. The van der Waals surface area contributed by atoms with Crippen molar-refractivity contribution in [3.8, 4) is 0 Å². The van der Waals surface area contributed by atoms with Crippen LogP contribution < -0.4 is 0 Å². The number of esters is 1. The molecule has 2 saturated carbocycles. The molecule has 1 aromatic rings. The van der Waals surface area contributed by atoms with E-state index in [4.69, 9.17) is 4.74 Å². The molecule has 90 valence electrons. The Labute approximate surface area is 102 Å². The molecule has 2 nitrogen and oxygen atoms in total. The van der Waals surface area contributed by atoms with Gasteiger partial charge in [0.1, 0.15) is 6.10 Å². The highest BCUT2D eigenvalue weighted by Gasteiger charge is 2.41. The van der Waals surface area contributed by atoms with E-state index in [2.05, 4.69) is 0 Å². The monoisotopic (exact) mass is 230 g/mol. The van der Waals surface area contributed by atoms with Crippen LogP contribution in [-0.2, 0) is 16.0 Å². The zero-order valence-corrected chi connectivity index (χ0v) is 9.97. The fraction of sp³-hybridized carbons (Fsp3) is 0.533. The lowest BCUT2D eigenvalue weighted by molar-refractivity contribution is -0.150. The molecule has 0 heterocycles. The van der Waals surface area contributed by atoms with Gasteiger partial charge in [-0.3, -0.25) is 4.79 Å². The maximum atomic E-state index is 11.8. The lowest BCUT2D eigenvalue weighted by Gasteiger charge is -2.21. The summed E-state index contributed by atoms with van der Waals surface area (Å²) in [4.78, 5) is 11.8. The second kappa shape index (κ2) is 4.52. The van der Waals surface area contributed by atoms with Crippen molar-refractivity contribution in [1.82, 2.24) is 0 Å². The van der Waals surface area contributed by atoms with E-state index in [0.717, 1.165) is 17.9 Å². The Balaban J connectivity index is 1.54. The molecule has 0 N–H and O–H groups in total. The Morgan fingerprint density at radius 2 is 2.00 bits per heavy atom. The first-order valence-corrected chi connectivity index (χ1v) is 6.54. The van der Waals surface area contributed by atoms with Gasteiger partial charge in [-0.2, -0.15) is 0 Å². The van der Waals surface area contributed by atoms with Crippen molar-refractivity contribution in [2.24, 2.45) is 11.8 Å². The predicted octanol–water partition coefficient (Wildman–Crippen LogP) is 2.96. The average Bonchev–Trinajstić information content (AvgIpc) is 2.92. The van der Waals surface area contributed by atoms with Crippen LogP contribution in [0.4, 0.5) is 0 Å². The molecule has 3 unspecified atom stereocenters. The molecule has 3 atom stereocenters. The van der Waals surface area contributed by atoms with E-state index < -0.39 is 0 Å². The second-order valence-corrected chi connectivity index (χ2v) is 5.37. The second-order valence-electron chi connectivity index (χ2n) is 5.37. The maximum absolute atomic E-state index is 11.8. The molecule has 2 bridgehead atoms. The van der Waals surface area contributed by atoms with Crippen molar-refractivity contribution in [2.75, 3.05) is 0 Å². The molecule has 1 aromatic carbocycles. The van der Waals surface area contributed by atoms with E-state index in [9.17, 15) is 4.79 Å². The van der Waals surface area contributed by atoms with Gasteiger partial charge in [0.25, 0.3) is 0 Å². The van der Waals surface area contributed by atoms with Crippen LogP contribution in [0.15, 0.2) is 30.3 Å². The van der Waals surface area contributed by atoms with Gasteiger partial charge < -0.3 is 4.74 Å². The fourth-order valence-electron chi connectivity index (χ4n) is 3.30. The third-order valence-electron chi connectivity index (χ3n) is 4.15. The summed E-state index contributed by atoms with van der Waals surface area (Å²) in [5.41, 5.74) is 1.04. The topological polar surface area (TPSA) is 26.3 Å². The molecule has 0 aliphatic heterocycles. The van der Waals surface area contributed by atoms with Crippen LogP contribution >= 0.6 is 0 Å². The van der Waals surface area contributed by atoms with Crippen molar-refractivity contribution in [1.29, 1.82) is 0 Å². The van der Waals surface area contributed by atoms with Crippen LogP contribution in [0.5, 0.6) is 0 Å². The number of ether oxygens (including phenoxy) is 1. The molecule has 0 radical (unpaired) electrons. The molecular formula is C15H18O2. The molecule has 0 aromatic heterocycles. The molecule has 17 heavy (non-hydrogen) atoms. The molecule has 0 spiro atoms. The standard InChI is InChI=1S/C15H18O2/c16-15(10-11-4-2-1-3-5-11)17-14-9-12-6-7-13(14)8-12/h1-5,12-14H,6-10H2. The predicted molar refractivity (Wildman–Crippen MR) is 65.5 cm³/mol. The zero-order chi connectivity index (χ0) is 11.7. The number of fused-ring (bicyclic) bond motifs is 2. The van der Waals surface area contributed by atoms with Crippen molar-refractivity contribution in [2.45, 2.75) is 38.2 Å². The number of hydrogen-bond donors (Lipinski definition) is 0. The van der Waals surface area contributed by atoms with Crippen molar-refractivity contribution >= 4 is 5.97 Å². The third kappa shape index (κ3) is 2.36. The summed E-state index contributed by atoms with van der Waals surface area (Å²) in [7, 11) is 0. The number of carbonyl (C=O) groups excluding carboxylic acids is 1. The van der Waals surface area contributed by atoms with Crippen molar-refractivity contribution in [3.63, 3.8) is 0 Å². The first kappa shape index (κ1) is 10.8. The number of hydrogen-bond acceptors (Lipinski definition) is 2. The van der Waals surface area contributed by atoms with E-state index >= 15 is 0 Å². The van der Waals surface area contributed by atoms with Gasteiger partial charge >= 0.3 is 5.97 Å². The molecule has 2 heteroatoms. The highest BCUT2D eigenvalue weighted by molar-refractivity contribution is 5.72. The quantitative estimate of drug-likeness (QED) is 0.746. The summed E-state index contributed by atoms with van der Waals surface area (Å²) in [5, 5.41) is 0. The first-order chi connectivity index (χ1) is 8.31. The lowest BCUT2D eigenvalue weighted by atomic mass is 9.98. The Kier molecular flexibility index (Phi) is 2.87. The molecule has 2 fully saturated rings. The van der Waals surface area contributed by atoms with Crippen molar-refractivity contribution < 1.29 is 9.53 Å². The van der Waals surface area contributed by atoms with Gasteiger partial charge in [0.2, 0.25) is 0 Å². The van der Waals surface area contributed by atoms with Crippen LogP contribution in [0, 0.1) is 11.8 Å². The van der Waals surface area contributed by atoms with E-state index in [1.54, 1.807) is 0 Å². The van der Waals surface area contributed by atoms with E-state index in [1.807, 2.05) is 30.3 Å². The summed E-state index contributed by atoms with van der Waals surface area (Å²) in [5.74, 6) is 1.42. The Morgan fingerprint density at radius 3 is 2.65 bits per heavy atom. The molecule has 3 rings (SSSR count). The fourth-order valence-corrected chi connectivity index (χ4v) is 3.30. The van der Waals surface area contributed by atoms with Crippen LogP contribution in [-0.4, -0.2) is 12.1 Å². The smallest absolute Gasteiger partial charge is 0.310 e. The minimum atomic E-state index is -0.0613. The number of carbonyl (C=O) groups is 1. The number of benzene rings is 1. The minimum absolute atomic E-state index is 0.0613. The van der Waals surface area contributed by atoms with Crippen LogP contribution in [0.1, 0.15) is 31.2 Å². The minimum Gasteiger partial charge on any atom is -0.462 e. The van der Waals surface area contributed by atoms with Crippen LogP contribution in [0.25, 0.3) is 0 Å². The summed E-state index contributed by atoms with van der Waals surface area (Å²) in [6.45, 7) is 0. The van der Waals surface area contributed by atoms with Crippen LogP contribution in [0.3, 0.4) is 0 Å². The van der Waals surface area contributed by atoms with E-state index in [-0.39, 0.29) is 12.1 Å². The molecule has 2 aliphatic rings. The van der Waals surface area contributed by atoms with Gasteiger partial charge in [-0.05, 0) is 43.1 Å².